The van der Waals surface area contributed by atoms with Gasteiger partial charge in [-0.2, -0.15) is 0 Å². The van der Waals surface area contributed by atoms with Crippen molar-refractivity contribution < 1.29 is 0 Å². The molecule has 0 amide bonds. The summed E-state index contributed by atoms with van der Waals surface area (Å²) >= 11 is 0. The number of aromatic nitrogens is 4. The lowest BCUT2D eigenvalue weighted by Crippen LogP contribution is -1.95. The standard InChI is InChI=1S/C44H30N4/c1-45-41-23-27(47-37-15-7-3-11-29(37)30-12-4-8-16-38(30)47)19-21-33(41)35-26-44-36(25-43(35)45)34-22-20-28(24-42(34)46(44)2)48-39-17-9-5-13-31(39)32-14-6-10-18-40(32)48/h3-26H,1-2H3. The smallest absolute Gasteiger partial charge is 0.0541 e. The zero-order valence-electron chi connectivity index (χ0n) is 26.6. The number of hydrogen-bond acceptors (Lipinski definition) is 0. The maximum absolute atomic E-state index is 2.40. The van der Waals surface area contributed by atoms with Gasteiger partial charge < -0.3 is 18.3 Å². The SMILES string of the molecule is Cn1c2cc(-n3c4ccccc4c4ccccc43)ccc2c2cc3c(cc21)c1ccc(-n2c4ccccc4c4ccccc42)cc1n3C. The van der Waals surface area contributed by atoms with E-state index in [1.165, 1.54) is 98.6 Å². The number of benzene rings is 7. The van der Waals surface area contributed by atoms with Crippen LogP contribution in [0.25, 0.3) is 98.6 Å². The molecule has 0 bridgehead atoms. The van der Waals surface area contributed by atoms with Crippen LogP contribution in [0, 0.1) is 0 Å². The normalized spacial score (nSPS) is 12.4. The molecule has 0 unspecified atom stereocenters. The summed E-state index contributed by atoms with van der Waals surface area (Å²) in [5.74, 6) is 0. The molecule has 7 aromatic carbocycles. The van der Waals surface area contributed by atoms with Crippen molar-refractivity contribution in [2.45, 2.75) is 0 Å². The summed E-state index contributed by atoms with van der Waals surface area (Å²) in [6, 6.07) is 53.6. The highest BCUT2D eigenvalue weighted by Crippen LogP contribution is 2.40. The Bertz CT molecular complexity index is 2820. The molecule has 0 radical (unpaired) electrons. The summed E-state index contributed by atoms with van der Waals surface area (Å²) in [5.41, 5.74) is 12.2. The monoisotopic (exact) mass is 614 g/mol. The van der Waals surface area contributed by atoms with Crippen LogP contribution >= 0.6 is 0 Å². The zero-order chi connectivity index (χ0) is 31.7. The van der Waals surface area contributed by atoms with Crippen molar-refractivity contribution in [2.24, 2.45) is 14.1 Å². The van der Waals surface area contributed by atoms with Gasteiger partial charge in [-0.05, 0) is 60.7 Å². The van der Waals surface area contributed by atoms with Gasteiger partial charge in [0.1, 0.15) is 0 Å². The summed E-state index contributed by atoms with van der Waals surface area (Å²) in [4.78, 5) is 0. The van der Waals surface area contributed by atoms with Crippen molar-refractivity contribution in [1.29, 1.82) is 0 Å². The van der Waals surface area contributed by atoms with Crippen molar-refractivity contribution in [1.82, 2.24) is 18.3 Å². The summed E-state index contributed by atoms with van der Waals surface area (Å²) < 4.78 is 9.54. The number of para-hydroxylation sites is 4. The van der Waals surface area contributed by atoms with E-state index >= 15 is 0 Å². The van der Waals surface area contributed by atoms with Gasteiger partial charge in [0.15, 0.2) is 0 Å². The second-order valence-corrected chi connectivity index (χ2v) is 13.1. The van der Waals surface area contributed by atoms with E-state index in [4.69, 9.17) is 0 Å². The summed E-state index contributed by atoms with van der Waals surface area (Å²) in [5, 5.41) is 10.2. The van der Waals surface area contributed by atoms with E-state index in [0.29, 0.717) is 0 Å². The molecular formula is C44H30N4. The van der Waals surface area contributed by atoms with Gasteiger partial charge in [0.05, 0.1) is 33.1 Å². The lowest BCUT2D eigenvalue weighted by Gasteiger charge is -2.09. The van der Waals surface area contributed by atoms with Gasteiger partial charge in [0.25, 0.3) is 0 Å². The van der Waals surface area contributed by atoms with Crippen LogP contribution in [0.5, 0.6) is 0 Å². The van der Waals surface area contributed by atoms with Gasteiger partial charge in [0, 0.05) is 79.6 Å². The predicted molar refractivity (Wildman–Crippen MR) is 203 cm³/mol. The quantitative estimate of drug-likeness (QED) is 0.185. The molecule has 0 fully saturated rings. The molecule has 0 saturated heterocycles. The highest BCUT2D eigenvalue weighted by molar-refractivity contribution is 6.19. The minimum atomic E-state index is 1.18. The van der Waals surface area contributed by atoms with Crippen molar-refractivity contribution in [3.63, 3.8) is 0 Å². The average Bonchev–Trinajstić information content (AvgIpc) is 3.83. The Morgan fingerprint density at radius 3 is 0.917 bits per heavy atom. The Balaban J connectivity index is 1.13. The molecule has 0 aliphatic carbocycles. The van der Waals surface area contributed by atoms with E-state index < -0.39 is 0 Å². The first-order valence-corrected chi connectivity index (χ1v) is 16.6. The first kappa shape index (κ1) is 25.9. The Labute approximate surface area is 275 Å². The fourth-order valence-electron chi connectivity index (χ4n) is 8.55. The van der Waals surface area contributed by atoms with E-state index in [9.17, 15) is 0 Å². The van der Waals surface area contributed by atoms with Crippen molar-refractivity contribution in [2.75, 3.05) is 0 Å². The van der Waals surface area contributed by atoms with Crippen LogP contribution in [-0.4, -0.2) is 18.3 Å². The van der Waals surface area contributed by atoms with E-state index in [2.05, 4.69) is 178 Å². The molecule has 0 N–H and O–H groups in total. The fraction of sp³-hybridized carbons (Fsp3) is 0.0455. The van der Waals surface area contributed by atoms with Gasteiger partial charge >= 0.3 is 0 Å². The molecule has 0 saturated carbocycles. The number of rotatable bonds is 2. The third-order valence-electron chi connectivity index (χ3n) is 10.8. The summed E-state index contributed by atoms with van der Waals surface area (Å²) in [6.45, 7) is 0. The minimum absolute atomic E-state index is 1.18. The lowest BCUT2D eigenvalue weighted by molar-refractivity contribution is 1.01. The van der Waals surface area contributed by atoms with Crippen LogP contribution in [-0.2, 0) is 14.1 Å². The summed E-state index contributed by atoms with van der Waals surface area (Å²) in [6.07, 6.45) is 0. The van der Waals surface area contributed by atoms with Crippen LogP contribution in [0.15, 0.2) is 146 Å². The van der Waals surface area contributed by atoms with Crippen molar-refractivity contribution >= 4 is 87.2 Å². The molecule has 0 atom stereocenters. The lowest BCUT2D eigenvalue weighted by atomic mass is 10.1. The minimum Gasteiger partial charge on any atom is -0.344 e. The fourth-order valence-corrected chi connectivity index (χ4v) is 8.55. The highest BCUT2D eigenvalue weighted by atomic mass is 15.0. The third-order valence-corrected chi connectivity index (χ3v) is 10.8. The van der Waals surface area contributed by atoms with Crippen LogP contribution in [0.2, 0.25) is 0 Å². The predicted octanol–water partition coefficient (Wildman–Crippen LogP) is 11.2. The van der Waals surface area contributed by atoms with Crippen LogP contribution < -0.4 is 0 Å². The van der Waals surface area contributed by atoms with Crippen LogP contribution in [0.1, 0.15) is 0 Å². The van der Waals surface area contributed by atoms with Crippen LogP contribution in [0.4, 0.5) is 0 Å². The van der Waals surface area contributed by atoms with Gasteiger partial charge in [-0.25, -0.2) is 0 Å². The molecule has 48 heavy (non-hydrogen) atoms. The van der Waals surface area contributed by atoms with E-state index in [1.54, 1.807) is 0 Å². The van der Waals surface area contributed by atoms with E-state index in [0.717, 1.165) is 0 Å². The van der Waals surface area contributed by atoms with Gasteiger partial charge in [0.2, 0.25) is 0 Å². The molecule has 4 nitrogen and oxygen atoms in total. The topological polar surface area (TPSA) is 19.7 Å². The maximum Gasteiger partial charge on any atom is 0.0541 e. The third kappa shape index (κ3) is 3.24. The van der Waals surface area contributed by atoms with E-state index in [-0.39, 0.29) is 0 Å². The molecule has 0 aliphatic rings. The molecular weight excluding hydrogens is 585 g/mol. The van der Waals surface area contributed by atoms with Crippen molar-refractivity contribution in [3.05, 3.63) is 146 Å². The molecule has 4 heteroatoms. The van der Waals surface area contributed by atoms with Crippen molar-refractivity contribution in [3.8, 4) is 11.4 Å². The number of hydrogen-bond donors (Lipinski definition) is 0. The first-order chi connectivity index (χ1) is 23.7. The number of fused-ring (bicyclic) bond motifs is 12. The van der Waals surface area contributed by atoms with E-state index in [1.807, 2.05) is 0 Å². The molecule has 0 aliphatic heterocycles. The van der Waals surface area contributed by atoms with Gasteiger partial charge in [-0.1, -0.05) is 84.9 Å². The molecule has 4 aromatic heterocycles. The highest BCUT2D eigenvalue weighted by Gasteiger charge is 2.18. The Morgan fingerprint density at radius 1 is 0.271 bits per heavy atom. The largest absolute Gasteiger partial charge is 0.344 e. The zero-order valence-corrected chi connectivity index (χ0v) is 26.6. The first-order valence-electron chi connectivity index (χ1n) is 16.6. The molecule has 11 rings (SSSR count). The number of nitrogens with zero attached hydrogens (tertiary/aromatic N) is 4. The Kier molecular flexibility index (Phi) is 4.95. The second kappa shape index (κ2) is 9.18. The Hall–Kier alpha value is -6.26. The molecule has 11 aromatic rings. The number of aryl methyl sites for hydroxylation is 2. The maximum atomic E-state index is 2.40. The molecule has 226 valence electrons. The van der Waals surface area contributed by atoms with Gasteiger partial charge in [-0.15, -0.1) is 0 Å². The average molecular weight is 615 g/mol. The van der Waals surface area contributed by atoms with Gasteiger partial charge in [-0.3, -0.25) is 0 Å². The summed E-state index contributed by atoms with van der Waals surface area (Å²) in [7, 11) is 4.41. The van der Waals surface area contributed by atoms with Crippen LogP contribution in [0.3, 0.4) is 0 Å². The Morgan fingerprint density at radius 2 is 0.562 bits per heavy atom. The molecule has 4 heterocycles. The second-order valence-electron chi connectivity index (χ2n) is 13.1. The molecule has 0 spiro atoms.